The van der Waals surface area contributed by atoms with Gasteiger partial charge in [0, 0.05) is 17.4 Å². The standard InChI is InChI=1S/C12H24BrNO/c1-11(2,9-13)14(5)8-10-6-7-12(3,4)15-10/h10H,6-9H2,1-5H3. The molecule has 0 aliphatic carbocycles. The molecule has 1 fully saturated rings. The van der Waals surface area contributed by atoms with E-state index < -0.39 is 0 Å². The van der Waals surface area contributed by atoms with Gasteiger partial charge in [-0.15, -0.1) is 0 Å². The number of rotatable bonds is 4. The lowest BCUT2D eigenvalue weighted by Gasteiger charge is -2.36. The van der Waals surface area contributed by atoms with Crippen molar-refractivity contribution >= 4 is 15.9 Å². The van der Waals surface area contributed by atoms with Crippen LogP contribution < -0.4 is 0 Å². The molecular formula is C12H24BrNO. The van der Waals surface area contributed by atoms with Gasteiger partial charge in [-0.1, -0.05) is 15.9 Å². The highest BCUT2D eigenvalue weighted by Gasteiger charge is 2.34. The summed E-state index contributed by atoms with van der Waals surface area (Å²) < 4.78 is 6.00. The van der Waals surface area contributed by atoms with Gasteiger partial charge in [0.05, 0.1) is 11.7 Å². The second-order valence-electron chi connectivity index (χ2n) is 5.86. The van der Waals surface area contributed by atoms with Crippen molar-refractivity contribution in [3.63, 3.8) is 0 Å². The molecule has 0 aromatic rings. The fourth-order valence-electron chi connectivity index (χ4n) is 1.86. The van der Waals surface area contributed by atoms with Crippen molar-refractivity contribution < 1.29 is 4.74 Å². The number of likely N-dealkylation sites (N-methyl/N-ethyl adjacent to an activating group) is 1. The highest BCUT2D eigenvalue weighted by atomic mass is 79.9. The molecule has 1 unspecified atom stereocenters. The molecular weight excluding hydrogens is 254 g/mol. The second kappa shape index (κ2) is 4.72. The van der Waals surface area contributed by atoms with Gasteiger partial charge in [0.15, 0.2) is 0 Å². The van der Waals surface area contributed by atoms with Crippen molar-refractivity contribution in [2.24, 2.45) is 0 Å². The first-order valence-electron chi connectivity index (χ1n) is 5.72. The van der Waals surface area contributed by atoms with Crippen molar-refractivity contribution in [3.05, 3.63) is 0 Å². The van der Waals surface area contributed by atoms with E-state index in [2.05, 4.69) is 55.6 Å². The maximum absolute atomic E-state index is 6.00. The van der Waals surface area contributed by atoms with E-state index in [4.69, 9.17) is 4.74 Å². The number of alkyl halides is 1. The van der Waals surface area contributed by atoms with Crippen LogP contribution in [-0.4, -0.2) is 41.1 Å². The van der Waals surface area contributed by atoms with Crippen LogP contribution in [0, 0.1) is 0 Å². The topological polar surface area (TPSA) is 12.5 Å². The van der Waals surface area contributed by atoms with Crippen LogP contribution in [0.2, 0.25) is 0 Å². The van der Waals surface area contributed by atoms with Gasteiger partial charge in [-0.25, -0.2) is 0 Å². The molecule has 0 aromatic carbocycles. The Hall–Kier alpha value is 0.400. The van der Waals surface area contributed by atoms with Crippen LogP contribution in [0.15, 0.2) is 0 Å². The lowest BCUT2D eigenvalue weighted by molar-refractivity contribution is -0.0346. The van der Waals surface area contributed by atoms with Crippen LogP contribution >= 0.6 is 15.9 Å². The Labute approximate surface area is 102 Å². The summed E-state index contributed by atoms with van der Waals surface area (Å²) >= 11 is 3.56. The van der Waals surface area contributed by atoms with Crippen molar-refractivity contribution in [1.29, 1.82) is 0 Å². The van der Waals surface area contributed by atoms with Crippen LogP contribution in [0.5, 0.6) is 0 Å². The zero-order valence-corrected chi connectivity index (χ0v) is 12.2. The summed E-state index contributed by atoms with van der Waals surface area (Å²) in [6.45, 7) is 9.90. The molecule has 90 valence electrons. The van der Waals surface area contributed by atoms with Gasteiger partial charge in [-0.05, 0) is 47.6 Å². The Bertz CT molecular complexity index is 216. The number of nitrogens with zero attached hydrogens (tertiary/aromatic N) is 1. The molecule has 1 rings (SSSR count). The van der Waals surface area contributed by atoms with Crippen LogP contribution in [0.25, 0.3) is 0 Å². The molecule has 3 heteroatoms. The number of hydrogen-bond donors (Lipinski definition) is 0. The fourth-order valence-corrected chi connectivity index (χ4v) is 2.29. The van der Waals surface area contributed by atoms with E-state index in [9.17, 15) is 0 Å². The van der Waals surface area contributed by atoms with Gasteiger partial charge in [0.25, 0.3) is 0 Å². The Balaban J connectivity index is 2.43. The third kappa shape index (κ3) is 3.72. The summed E-state index contributed by atoms with van der Waals surface area (Å²) in [6, 6.07) is 0. The lowest BCUT2D eigenvalue weighted by atomic mass is 10.0. The molecule has 1 aliphatic rings. The highest BCUT2D eigenvalue weighted by Crippen LogP contribution is 2.30. The van der Waals surface area contributed by atoms with Crippen molar-refractivity contribution in [3.8, 4) is 0 Å². The van der Waals surface area contributed by atoms with Gasteiger partial charge in [0.2, 0.25) is 0 Å². The normalized spacial score (nSPS) is 26.2. The number of hydrogen-bond acceptors (Lipinski definition) is 2. The first kappa shape index (κ1) is 13.5. The Morgan fingerprint density at radius 2 is 2.07 bits per heavy atom. The Kier molecular flexibility index (Phi) is 4.24. The molecule has 2 nitrogen and oxygen atoms in total. The highest BCUT2D eigenvalue weighted by molar-refractivity contribution is 9.09. The predicted molar refractivity (Wildman–Crippen MR) is 68.7 cm³/mol. The molecule has 0 N–H and O–H groups in total. The maximum atomic E-state index is 6.00. The van der Waals surface area contributed by atoms with E-state index in [0.29, 0.717) is 6.10 Å². The first-order chi connectivity index (χ1) is 6.77. The van der Waals surface area contributed by atoms with E-state index in [1.165, 1.54) is 12.8 Å². The summed E-state index contributed by atoms with van der Waals surface area (Å²) in [6.07, 6.45) is 2.78. The minimum absolute atomic E-state index is 0.0874. The molecule has 0 radical (unpaired) electrons. The smallest absolute Gasteiger partial charge is 0.0710 e. The van der Waals surface area contributed by atoms with Crippen molar-refractivity contribution in [2.45, 2.75) is 57.8 Å². The summed E-state index contributed by atoms with van der Waals surface area (Å²) in [5.41, 5.74) is 0.292. The van der Waals surface area contributed by atoms with Gasteiger partial charge >= 0.3 is 0 Å². The predicted octanol–water partition coefficient (Wildman–Crippen LogP) is 3.05. The van der Waals surface area contributed by atoms with Crippen molar-refractivity contribution in [1.82, 2.24) is 4.90 Å². The van der Waals surface area contributed by atoms with E-state index in [-0.39, 0.29) is 11.1 Å². The molecule has 0 saturated carbocycles. The van der Waals surface area contributed by atoms with Crippen LogP contribution in [0.4, 0.5) is 0 Å². The summed E-state index contributed by atoms with van der Waals surface area (Å²) in [7, 11) is 2.18. The Morgan fingerprint density at radius 1 is 1.47 bits per heavy atom. The van der Waals surface area contributed by atoms with E-state index >= 15 is 0 Å². The molecule has 1 atom stereocenters. The fraction of sp³-hybridized carbons (Fsp3) is 1.00. The Morgan fingerprint density at radius 3 is 2.47 bits per heavy atom. The first-order valence-corrected chi connectivity index (χ1v) is 6.84. The molecule has 0 aromatic heterocycles. The van der Waals surface area contributed by atoms with E-state index in [1.54, 1.807) is 0 Å². The third-order valence-corrected chi connectivity index (χ3v) is 4.76. The molecule has 0 amide bonds. The molecule has 0 bridgehead atoms. The lowest BCUT2D eigenvalue weighted by Crippen LogP contribution is -2.46. The zero-order valence-electron chi connectivity index (χ0n) is 10.6. The minimum Gasteiger partial charge on any atom is -0.371 e. The minimum atomic E-state index is 0.0874. The van der Waals surface area contributed by atoms with Crippen LogP contribution in [0.1, 0.15) is 40.5 Å². The second-order valence-corrected chi connectivity index (χ2v) is 6.43. The molecule has 1 saturated heterocycles. The van der Waals surface area contributed by atoms with Crippen LogP contribution in [0.3, 0.4) is 0 Å². The average Bonchev–Trinajstić information content (AvgIpc) is 2.45. The quantitative estimate of drug-likeness (QED) is 0.733. The average molecular weight is 278 g/mol. The SMILES string of the molecule is CN(CC1CCC(C)(C)O1)C(C)(C)CBr. The van der Waals surface area contributed by atoms with Crippen LogP contribution in [-0.2, 0) is 4.74 Å². The number of ether oxygens (including phenoxy) is 1. The third-order valence-electron chi connectivity index (χ3n) is 3.39. The van der Waals surface area contributed by atoms with Gasteiger partial charge in [0.1, 0.15) is 0 Å². The number of halogens is 1. The zero-order chi connectivity index (χ0) is 11.7. The molecule has 1 heterocycles. The summed E-state index contributed by atoms with van der Waals surface area (Å²) in [5, 5.41) is 0.993. The molecule has 1 aliphatic heterocycles. The molecule has 15 heavy (non-hydrogen) atoms. The van der Waals surface area contributed by atoms with Gasteiger partial charge in [-0.3, -0.25) is 4.90 Å². The maximum Gasteiger partial charge on any atom is 0.0710 e. The van der Waals surface area contributed by atoms with Gasteiger partial charge < -0.3 is 4.74 Å². The van der Waals surface area contributed by atoms with Crippen molar-refractivity contribution in [2.75, 3.05) is 18.9 Å². The van der Waals surface area contributed by atoms with E-state index in [0.717, 1.165) is 11.9 Å². The summed E-state index contributed by atoms with van der Waals surface area (Å²) in [4.78, 5) is 2.38. The monoisotopic (exact) mass is 277 g/mol. The largest absolute Gasteiger partial charge is 0.371 e. The molecule has 0 spiro atoms. The van der Waals surface area contributed by atoms with Gasteiger partial charge in [-0.2, -0.15) is 0 Å². The van der Waals surface area contributed by atoms with E-state index in [1.807, 2.05) is 0 Å². The summed E-state index contributed by atoms with van der Waals surface area (Å²) in [5.74, 6) is 0.